The van der Waals surface area contributed by atoms with Crippen LogP contribution in [0.3, 0.4) is 0 Å². The van der Waals surface area contributed by atoms with Crippen molar-refractivity contribution in [3.63, 3.8) is 0 Å². The molecule has 0 saturated heterocycles. The zero-order chi connectivity index (χ0) is 26.6. The van der Waals surface area contributed by atoms with E-state index in [-0.39, 0.29) is 21.7 Å². The minimum Gasteiger partial charge on any atom is -0.507 e. The Hall–Kier alpha value is -3.74. The smallest absolute Gasteiger partial charge is 0.295 e. The van der Waals surface area contributed by atoms with E-state index in [0.717, 1.165) is 24.3 Å². The zero-order valence-electron chi connectivity index (χ0n) is 17.4. The van der Waals surface area contributed by atoms with Gasteiger partial charge in [0.2, 0.25) is 0 Å². The average molecular weight is 556 g/mol. The highest BCUT2D eigenvalue weighted by Gasteiger charge is 2.22. The molecule has 0 spiro atoms. The highest BCUT2D eigenvalue weighted by atomic mass is 32.2. The number of nitrogens with zero attached hydrogens (tertiary/aromatic N) is 3. The van der Waals surface area contributed by atoms with Crippen LogP contribution in [0.25, 0.3) is 21.7 Å². The summed E-state index contributed by atoms with van der Waals surface area (Å²) in [4.78, 5) is 1.60. The molecule has 0 saturated carbocycles. The van der Waals surface area contributed by atoms with Crippen molar-refractivity contribution in [3.05, 3.63) is 48.7 Å². The molecule has 0 radical (unpaired) electrons. The lowest BCUT2D eigenvalue weighted by Gasteiger charge is -2.10. The first-order valence-electron chi connectivity index (χ1n) is 9.33. The van der Waals surface area contributed by atoms with E-state index < -0.39 is 67.9 Å². The third kappa shape index (κ3) is 4.70. The summed E-state index contributed by atoms with van der Waals surface area (Å²) < 4.78 is 98.5. The van der Waals surface area contributed by atoms with Crippen molar-refractivity contribution < 1.29 is 49.1 Å². The Kier molecular flexibility index (Phi) is 5.94. The van der Waals surface area contributed by atoms with Crippen LogP contribution in [0.15, 0.2) is 73.6 Å². The van der Waals surface area contributed by atoms with Crippen LogP contribution in [0.4, 0.5) is 11.4 Å². The standard InChI is InChI=1S/C19H13N3O11S3/c23-15-7-11(35(28,29)30)5-9-4-10(34(25,26)27)6-13(17(9)15)21-22-14-8-16(36(31,32)33)12-2-1-3-20-18(12)19(14)24/h1-8,23-24H,(H,25,26,27)(H,28,29,30)(H,31,32,33). The molecule has 0 aliphatic carbocycles. The van der Waals surface area contributed by atoms with Gasteiger partial charge in [-0.1, -0.05) is 0 Å². The van der Waals surface area contributed by atoms with Gasteiger partial charge in [0.05, 0.1) is 20.9 Å². The second-order valence-electron chi connectivity index (χ2n) is 7.25. The summed E-state index contributed by atoms with van der Waals surface area (Å²) in [5.41, 5.74) is -1.26. The van der Waals surface area contributed by atoms with Crippen LogP contribution in [-0.2, 0) is 30.4 Å². The van der Waals surface area contributed by atoms with Gasteiger partial charge in [0.1, 0.15) is 21.8 Å². The lowest BCUT2D eigenvalue weighted by molar-refractivity contribution is 0.470. The van der Waals surface area contributed by atoms with Crippen LogP contribution < -0.4 is 0 Å². The quantitative estimate of drug-likeness (QED) is 0.176. The van der Waals surface area contributed by atoms with Gasteiger partial charge in [0, 0.05) is 17.6 Å². The lowest BCUT2D eigenvalue weighted by Crippen LogP contribution is -2.00. The van der Waals surface area contributed by atoms with E-state index in [9.17, 15) is 49.1 Å². The van der Waals surface area contributed by atoms with Gasteiger partial charge in [-0.2, -0.15) is 25.3 Å². The van der Waals surface area contributed by atoms with E-state index in [0.29, 0.717) is 6.07 Å². The van der Waals surface area contributed by atoms with E-state index in [1.165, 1.54) is 18.3 Å². The highest BCUT2D eigenvalue weighted by molar-refractivity contribution is 7.86. The summed E-state index contributed by atoms with van der Waals surface area (Å²) in [5.74, 6) is -1.44. The second-order valence-corrected chi connectivity index (χ2v) is 11.5. The molecule has 0 unspecified atom stereocenters. The van der Waals surface area contributed by atoms with Gasteiger partial charge < -0.3 is 10.2 Å². The van der Waals surface area contributed by atoms with Crippen molar-refractivity contribution in [1.29, 1.82) is 0 Å². The molecule has 1 heterocycles. The molecule has 0 bridgehead atoms. The predicted octanol–water partition coefficient (Wildman–Crippen LogP) is 2.95. The second kappa shape index (κ2) is 8.43. The number of hydrogen-bond donors (Lipinski definition) is 5. The van der Waals surface area contributed by atoms with Crippen molar-refractivity contribution in [2.45, 2.75) is 14.7 Å². The van der Waals surface area contributed by atoms with Crippen molar-refractivity contribution in [3.8, 4) is 11.5 Å². The van der Waals surface area contributed by atoms with E-state index in [4.69, 9.17) is 0 Å². The first-order chi connectivity index (χ1) is 16.6. The van der Waals surface area contributed by atoms with Crippen molar-refractivity contribution >= 4 is 63.4 Å². The van der Waals surface area contributed by atoms with Crippen LogP contribution in [0.5, 0.6) is 11.5 Å². The van der Waals surface area contributed by atoms with Crippen LogP contribution >= 0.6 is 0 Å². The Morgan fingerprint density at radius 3 is 1.89 bits per heavy atom. The first-order valence-corrected chi connectivity index (χ1v) is 13.6. The first kappa shape index (κ1) is 25.4. The topological polar surface area (TPSA) is 241 Å². The normalized spacial score (nSPS) is 13.1. The Labute approximate surface area is 202 Å². The Morgan fingerprint density at radius 2 is 1.31 bits per heavy atom. The summed E-state index contributed by atoms with van der Waals surface area (Å²) >= 11 is 0. The molecular weight excluding hydrogens is 542 g/mol. The fourth-order valence-corrected chi connectivity index (χ4v) is 5.15. The van der Waals surface area contributed by atoms with Gasteiger partial charge in [-0.15, -0.1) is 10.2 Å². The van der Waals surface area contributed by atoms with Crippen LogP contribution in [0, 0.1) is 0 Å². The van der Waals surface area contributed by atoms with Gasteiger partial charge in [-0.25, -0.2) is 0 Å². The molecule has 0 aliphatic heterocycles. The number of azo groups is 1. The monoisotopic (exact) mass is 555 g/mol. The molecule has 4 aromatic rings. The maximum atomic E-state index is 11.8. The zero-order valence-corrected chi connectivity index (χ0v) is 19.8. The fraction of sp³-hybridized carbons (Fsp3) is 0. The predicted molar refractivity (Wildman–Crippen MR) is 123 cm³/mol. The fourth-order valence-electron chi connectivity index (χ4n) is 3.38. The van der Waals surface area contributed by atoms with Crippen LogP contribution in [-0.4, -0.2) is 54.1 Å². The number of aromatic nitrogens is 1. The average Bonchev–Trinajstić information content (AvgIpc) is 2.76. The number of phenols is 2. The Bertz CT molecular complexity index is 1930. The summed E-state index contributed by atoms with van der Waals surface area (Å²) in [6, 6.07) is 6.39. The van der Waals surface area contributed by atoms with Crippen molar-refractivity contribution in [2.24, 2.45) is 10.2 Å². The van der Waals surface area contributed by atoms with Gasteiger partial charge in [-0.05, 0) is 41.8 Å². The van der Waals surface area contributed by atoms with E-state index >= 15 is 0 Å². The molecule has 0 atom stereocenters. The third-order valence-electron chi connectivity index (χ3n) is 4.90. The van der Waals surface area contributed by atoms with E-state index in [1.54, 1.807) is 0 Å². The maximum Gasteiger partial charge on any atom is 0.295 e. The molecule has 4 rings (SSSR count). The molecule has 0 fully saturated rings. The van der Waals surface area contributed by atoms with Gasteiger partial charge in [0.15, 0.2) is 5.75 Å². The lowest BCUT2D eigenvalue weighted by atomic mass is 10.1. The minimum atomic E-state index is -4.89. The number of aromatic hydroxyl groups is 2. The molecule has 14 nitrogen and oxygen atoms in total. The molecule has 1 aromatic heterocycles. The molecule has 17 heteroatoms. The summed E-state index contributed by atoms with van der Waals surface area (Å²) in [5, 5.41) is 27.6. The number of phenolic OH excluding ortho intramolecular Hbond substituents is 2. The molecule has 188 valence electrons. The third-order valence-corrected chi connectivity index (χ3v) is 7.46. The number of fused-ring (bicyclic) bond motifs is 2. The van der Waals surface area contributed by atoms with Gasteiger partial charge in [0.25, 0.3) is 30.4 Å². The minimum absolute atomic E-state index is 0.134. The Balaban J connectivity index is 2.03. The summed E-state index contributed by atoms with van der Waals surface area (Å²) in [6.45, 7) is 0. The maximum absolute atomic E-state index is 11.8. The number of pyridine rings is 1. The molecule has 0 aliphatic rings. The number of rotatable bonds is 5. The van der Waals surface area contributed by atoms with E-state index in [2.05, 4.69) is 15.2 Å². The molecule has 0 amide bonds. The van der Waals surface area contributed by atoms with Gasteiger partial charge in [-0.3, -0.25) is 18.6 Å². The molecule has 5 N–H and O–H groups in total. The molecule has 36 heavy (non-hydrogen) atoms. The summed E-state index contributed by atoms with van der Waals surface area (Å²) in [6.07, 6.45) is 1.23. The van der Waals surface area contributed by atoms with Gasteiger partial charge >= 0.3 is 0 Å². The molecular formula is C19H13N3O11S3. The van der Waals surface area contributed by atoms with Crippen LogP contribution in [0.1, 0.15) is 0 Å². The number of benzene rings is 3. The SMILES string of the molecule is O=S(=O)(O)c1cc(O)c2c(N=Nc3cc(S(=O)(=O)O)c4cccnc4c3O)cc(S(=O)(=O)O)cc2c1. The Morgan fingerprint density at radius 1 is 0.722 bits per heavy atom. The van der Waals surface area contributed by atoms with Crippen molar-refractivity contribution in [2.75, 3.05) is 0 Å². The van der Waals surface area contributed by atoms with Crippen LogP contribution in [0.2, 0.25) is 0 Å². The van der Waals surface area contributed by atoms with Crippen molar-refractivity contribution in [1.82, 2.24) is 4.98 Å². The highest BCUT2D eigenvalue weighted by Crippen LogP contribution is 2.41. The number of hydrogen-bond acceptors (Lipinski definition) is 11. The largest absolute Gasteiger partial charge is 0.507 e. The molecule has 3 aromatic carbocycles. The summed E-state index contributed by atoms with van der Waals surface area (Å²) in [7, 11) is -14.5. The van der Waals surface area contributed by atoms with E-state index in [1.807, 2.05) is 0 Å².